The lowest BCUT2D eigenvalue weighted by molar-refractivity contribution is -0.120. The van der Waals surface area contributed by atoms with Gasteiger partial charge in [0.1, 0.15) is 0 Å². The van der Waals surface area contributed by atoms with Crippen LogP contribution in [0.15, 0.2) is 12.1 Å². The molecule has 0 saturated carbocycles. The van der Waals surface area contributed by atoms with Crippen molar-refractivity contribution in [2.75, 3.05) is 27.0 Å². The molecule has 3 N–H and O–H groups in total. The quantitative estimate of drug-likeness (QED) is 0.843. The molecule has 0 atom stereocenters. The Morgan fingerprint density at radius 3 is 2.60 bits per heavy atom. The largest absolute Gasteiger partial charge is 0.493 e. The second-order valence-electron chi connectivity index (χ2n) is 4.24. The van der Waals surface area contributed by atoms with Crippen LogP contribution in [0.3, 0.4) is 0 Å². The van der Waals surface area contributed by atoms with Gasteiger partial charge in [-0.15, -0.1) is 0 Å². The standard InChI is InChI=1S/C13H18N4O3/c1-15-12(18)4-5-17-9-7-11(20-3)10(19-2)6-8(9)16-13(17)14/h6-7H,4-5H2,1-3H3,(H2,14,16)(H,15,18). The van der Waals surface area contributed by atoms with Crippen molar-refractivity contribution >= 4 is 22.9 Å². The van der Waals surface area contributed by atoms with E-state index in [-0.39, 0.29) is 5.91 Å². The second-order valence-corrected chi connectivity index (χ2v) is 4.24. The zero-order chi connectivity index (χ0) is 14.7. The molecule has 1 aromatic heterocycles. The summed E-state index contributed by atoms with van der Waals surface area (Å²) in [5.41, 5.74) is 7.42. The summed E-state index contributed by atoms with van der Waals surface area (Å²) in [6.45, 7) is 0.456. The first-order chi connectivity index (χ1) is 9.60. The highest BCUT2D eigenvalue weighted by molar-refractivity contribution is 5.83. The number of amides is 1. The van der Waals surface area contributed by atoms with Crippen LogP contribution in [0, 0.1) is 0 Å². The van der Waals surface area contributed by atoms with Gasteiger partial charge in [0.25, 0.3) is 0 Å². The van der Waals surface area contributed by atoms with Crippen LogP contribution in [-0.2, 0) is 11.3 Å². The number of carbonyl (C=O) groups is 1. The first kappa shape index (κ1) is 14.0. The van der Waals surface area contributed by atoms with Crippen molar-refractivity contribution in [1.82, 2.24) is 14.9 Å². The summed E-state index contributed by atoms with van der Waals surface area (Å²) in [7, 11) is 4.74. The van der Waals surface area contributed by atoms with Gasteiger partial charge in [-0.2, -0.15) is 0 Å². The van der Waals surface area contributed by atoms with Gasteiger partial charge in [0.15, 0.2) is 11.5 Å². The Labute approximate surface area is 116 Å². The summed E-state index contributed by atoms with van der Waals surface area (Å²) in [6, 6.07) is 3.57. The monoisotopic (exact) mass is 278 g/mol. The molecule has 7 heteroatoms. The zero-order valence-electron chi connectivity index (χ0n) is 11.8. The van der Waals surface area contributed by atoms with Crippen LogP contribution in [0.4, 0.5) is 5.95 Å². The van der Waals surface area contributed by atoms with E-state index < -0.39 is 0 Å². The Hall–Kier alpha value is -2.44. The van der Waals surface area contributed by atoms with Crippen molar-refractivity contribution in [2.45, 2.75) is 13.0 Å². The number of aromatic nitrogens is 2. The number of nitrogen functional groups attached to an aromatic ring is 1. The van der Waals surface area contributed by atoms with Crippen molar-refractivity contribution in [3.8, 4) is 11.5 Å². The maximum atomic E-state index is 11.3. The van der Waals surface area contributed by atoms with Crippen LogP contribution >= 0.6 is 0 Å². The molecule has 0 aliphatic heterocycles. The van der Waals surface area contributed by atoms with E-state index in [0.29, 0.717) is 35.9 Å². The van der Waals surface area contributed by atoms with Gasteiger partial charge in [0, 0.05) is 32.1 Å². The number of methoxy groups -OCH3 is 2. The molecule has 1 heterocycles. The first-order valence-electron chi connectivity index (χ1n) is 6.19. The lowest BCUT2D eigenvalue weighted by atomic mass is 10.2. The molecule has 108 valence electrons. The third-order valence-electron chi connectivity index (χ3n) is 3.12. The van der Waals surface area contributed by atoms with Crippen molar-refractivity contribution in [1.29, 1.82) is 0 Å². The van der Waals surface area contributed by atoms with Gasteiger partial charge < -0.3 is 25.1 Å². The second kappa shape index (κ2) is 5.68. The summed E-state index contributed by atoms with van der Waals surface area (Å²) < 4.78 is 12.3. The number of anilines is 1. The van der Waals surface area contributed by atoms with Crippen LogP contribution < -0.4 is 20.5 Å². The van der Waals surface area contributed by atoms with Gasteiger partial charge in [-0.25, -0.2) is 4.98 Å². The number of imidazole rings is 1. The minimum absolute atomic E-state index is 0.0493. The van der Waals surface area contributed by atoms with Gasteiger partial charge in [-0.05, 0) is 0 Å². The van der Waals surface area contributed by atoms with E-state index in [0.717, 1.165) is 5.52 Å². The number of carbonyl (C=O) groups excluding carboxylic acids is 1. The number of nitrogens with zero attached hydrogens (tertiary/aromatic N) is 2. The third kappa shape index (κ3) is 2.47. The van der Waals surface area contributed by atoms with Crippen molar-refractivity contribution in [3.05, 3.63) is 12.1 Å². The Bertz CT molecular complexity index is 636. The number of fused-ring (bicyclic) bond motifs is 1. The Balaban J connectivity index is 2.44. The number of benzene rings is 1. The summed E-state index contributed by atoms with van der Waals surface area (Å²) >= 11 is 0. The fourth-order valence-corrected chi connectivity index (χ4v) is 2.04. The predicted octanol–water partition coefficient (Wildman–Crippen LogP) is 0.772. The molecule has 0 bridgehead atoms. The minimum atomic E-state index is -0.0493. The molecule has 0 radical (unpaired) electrons. The van der Waals surface area contributed by atoms with Crippen LogP contribution in [0.2, 0.25) is 0 Å². The molecule has 2 aromatic rings. The molecule has 0 saturated heterocycles. The van der Waals surface area contributed by atoms with E-state index in [1.807, 2.05) is 0 Å². The topological polar surface area (TPSA) is 91.4 Å². The van der Waals surface area contributed by atoms with Gasteiger partial charge in [0.2, 0.25) is 11.9 Å². The van der Waals surface area contributed by atoms with E-state index in [1.165, 1.54) is 0 Å². The van der Waals surface area contributed by atoms with Gasteiger partial charge in [-0.1, -0.05) is 0 Å². The smallest absolute Gasteiger partial charge is 0.221 e. The summed E-state index contributed by atoms with van der Waals surface area (Å²) in [5.74, 6) is 1.50. The lowest BCUT2D eigenvalue weighted by Crippen LogP contribution is -2.19. The average molecular weight is 278 g/mol. The highest BCUT2D eigenvalue weighted by Gasteiger charge is 2.14. The molecule has 2 rings (SSSR count). The van der Waals surface area contributed by atoms with Crippen LogP contribution in [0.5, 0.6) is 11.5 Å². The first-order valence-corrected chi connectivity index (χ1v) is 6.19. The van der Waals surface area contributed by atoms with Crippen LogP contribution in [-0.4, -0.2) is 36.7 Å². The van der Waals surface area contributed by atoms with E-state index in [1.54, 1.807) is 38.0 Å². The fraction of sp³-hybridized carbons (Fsp3) is 0.385. The van der Waals surface area contributed by atoms with E-state index in [9.17, 15) is 4.79 Å². The van der Waals surface area contributed by atoms with Crippen LogP contribution in [0.1, 0.15) is 6.42 Å². The van der Waals surface area contributed by atoms with Crippen LogP contribution in [0.25, 0.3) is 11.0 Å². The Kier molecular flexibility index (Phi) is 3.97. The van der Waals surface area contributed by atoms with Crippen molar-refractivity contribution in [2.24, 2.45) is 0 Å². The fourth-order valence-electron chi connectivity index (χ4n) is 2.04. The van der Waals surface area contributed by atoms with Crippen molar-refractivity contribution < 1.29 is 14.3 Å². The molecular formula is C13H18N4O3. The summed E-state index contributed by atoms with van der Waals surface area (Å²) in [4.78, 5) is 15.6. The molecule has 0 spiro atoms. The Morgan fingerprint density at radius 2 is 2.00 bits per heavy atom. The molecule has 7 nitrogen and oxygen atoms in total. The molecule has 0 unspecified atom stereocenters. The van der Waals surface area contributed by atoms with E-state index in [2.05, 4.69) is 10.3 Å². The predicted molar refractivity (Wildman–Crippen MR) is 75.9 cm³/mol. The third-order valence-corrected chi connectivity index (χ3v) is 3.12. The number of nitrogens with two attached hydrogens (primary N) is 1. The average Bonchev–Trinajstić information content (AvgIpc) is 2.77. The number of hydrogen-bond donors (Lipinski definition) is 2. The molecule has 0 aliphatic carbocycles. The number of aryl methyl sites for hydroxylation is 1. The number of rotatable bonds is 5. The zero-order valence-corrected chi connectivity index (χ0v) is 11.8. The Morgan fingerprint density at radius 1 is 1.35 bits per heavy atom. The summed E-state index contributed by atoms with van der Waals surface area (Å²) in [5, 5.41) is 2.58. The number of nitrogens with one attached hydrogen (secondary N) is 1. The van der Waals surface area contributed by atoms with Gasteiger partial charge >= 0.3 is 0 Å². The molecular weight excluding hydrogens is 260 g/mol. The molecule has 20 heavy (non-hydrogen) atoms. The molecule has 1 amide bonds. The molecule has 0 aliphatic rings. The van der Waals surface area contributed by atoms with E-state index in [4.69, 9.17) is 15.2 Å². The summed E-state index contributed by atoms with van der Waals surface area (Å²) in [6.07, 6.45) is 0.334. The maximum absolute atomic E-state index is 11.3. The minimum Gasteiger partial charge on any atom is -0.493 e. The lowest BCUT2D eigenvalue weighted by Gasteiger charge is -2.09. The molecule has 0 fully saturated rings. The number of ether oxygens (including phenoxy) is 2. The SMILES string of the molecule is CNC(=O)CCn1c(N)nc2cc(OC)c(OC)cc21. The normalized spacial score (nSPS) is 10.6. The van der Waals surface area contributed by atoms with Gasteiger partial charge in [0.05, 0.1) is 25.3 Å². The highest BCUT2D eigenvalue weighted by atomic mass is 16.5. The number of hydrogen-bond acceptors (Lipinski definition) is 5. The highest BCUT2D eigenvalue weighted by Crippen LogP contribution is 2.32. The van der Waals surface area contributed by atoms with Crippen molar-refractivity contribution in [3.63, 3.8) is 0 Å². The maximum Gasteiger partial charge on any atom is 0.221 e. The van der Waals surface area contributed by atoms with E-state index >= 15 is 0 Å². The van der Waals surface area contributed by atoms with Gasteiger partial charge in [-0.3, -0.25) is 4.79 Å². The molecule has 1 aromatic carbocycles.